The third-order valence-corrected chi connectivity index (χ3v) is 1.96. The molecule has 9 heavy (non-hydrogen) atoms. The van der Waals surface area contributed by atoms with E-state index < -0.39 is 0 Å². The lowest BCUT2D eigenvalue weighted by molar-refractivity contribution is 0.345. The molecule has 0 aromatic rings. The van der Waals surface area contributed by atoms with E-state index in [1.807, 2.05) is 6.08 Å². The van der Waals surface area contributed by atoms with E-state index in [1.54, 1.807) is 0 Å². The van der Waals surface area contributed by atoms with E-state index in [-0.39, 0.29) is 0 Å². The Hall–Kier alpha value is -0.460. The molecule has 1 rings (SSSR count). The minimum atomic E-state index is 0.605. The Bertz CT molecular complexity index is 116. The van der Waals surface area contributed by atoms with Crippen LogP contribution in [-0.2, 0) is 0 Å². The maximum Gasteiger partial charge on any atom is 0.0885 e. The Balaban J connectivity index is 2.47. The summed E-state index contributed by atoms with van der Waals surface area (Å²) >= 11 is 0. The van der Waals surface area contributed by atoms with Crippen molar-refractivity contribution in [1.82, 2.24) is 0 Å². The molecule has 0 spiro atoms. The molecule has 0 unspecified atom stereocenters. The van der Waals surface area contributed by atoms with Crippen LogP contribution in [0.2, 0.25) is 0 Å². The summed E-state index contributed by atoms with van der Waals surface area (Å²) in [6.07, 6.45) is 6.51. The van der Waals surface area contributed by atoms with Gasteiger partial charge >= 0.3 is 0 Å². The Kier molecular flexibility index (Phi) is 2.15. The van der Waals surface area contributed by atoms with Gasteiger partial charge < -0.3 is 5.11 Å². The summed E-state index contributed by atoms with van der Waals surface area (Å²) in [4.78, 5) is 0. The van der Waals surface area contributed by atoms with Crippen LogP contribution in [0, 0.1) is 5.92 Å². The van der Waals surface area contributed by atoms with Gasteiger partial charge in [-0.05, 0) is 31.3 Å². The van der Waals surface area contributed by atoms with Crippen LogP contribution in [0.1, 0.15) is 32.6 Å². The first-order valence-corrected chi connectivity index (χ1v) is 3.72. The number of hydrogen-bond donors (Lipinski definition) is 1. The highest BCUT2D eigenvalue weighted by Crippen LogP contribution is 2.22. The molecular formula is C8H14O. The van der Waals surface area contributed by atoms with Crippen molar-refractivity contribution in [3.8, 4) is 0 Å². The second-order valence-electron chi connectivity index (χ2n) is 2.72. The van der Waals surface area contributed by atoms with Crippen LogP contribution < -0.4 is 0 Å². The molecule has 0 amide bonds. The van der Waals surface area contributed by atoms with Crippen molar-refractivity contribution < 1.29 is 5.11 Å². The van der Waals surface area contributed by atoms with Gasteiger partial charge in [-0.3, -0.25) is 0 Å². The Labute approximate surface area is 56.4 Å². The van der Waals surface area contributed by atoms with Crippen molar-refractivity contribution in [2.45, 2.75) is 32.6 Å². The number of allylic oxidation sites excluding steroid dienone is 2. The van der Waals surface area contributed by atoms with Crippen molar-refractivity contribution in [3.63, 3.8) is 0 Å². The highest BCUT2D eigenvalue weighted by Gasteiger charge is 2.09. The highest BCUT2D eigenvalue weighted by molar-refractivity contribution is 4.98. The number of aliphatic hydroxyl groups is 1. The molecule has 0 aromatic heterocycles. The third kappa shape index (κ3) is 1.74. The molecule has 0 heterocycles. The molecule has 1 aliphatic carbocycles. The van der Waals surface area contributed by atoms with Gasteiger partial charge in [0.1, 0.15) is 0 Å². The second kappa shape index (κ2) is 2.90. The maximum atomic E-state index is 9.07. The van der Waals surface area contributed by atoms with Crippen LogP contribution in [0.15, 0.2) is 11.8 Å². The lowest BCUT2D eigenvalue weighted by Gasteiger charge is -2.15. The predicted octanol–water partition coefficient (Wildman–Crippen LogP) is 2.64. The van der Waals surface area contributed by atoms with Crippen LogP contribution in [0.5, 0.6) is 0 Å². The average Bonchev–Trinajstić information content (AvgIpc) is 1.88. The lowest BCUT2D eigenvalue weighted by Crippen LogP contribution is -2.02. The zero-order valence-corrected chi connectivity index (χ0v) is 5.93. The second-order valence-corrected chi connectivity index (χ2v) is 2.72. The monoisotopic (exact) mass is 126 g/mol. The molecule has 1 nitrogen and oxygen atoms in total. The number of hydrogen-bond acceptors (Lipinski definition) is 1. The fourth-order valence-corrected chi connectivity index (χ4v) is 1.31. The smallest absolute Gasteiger partial charge is 0.0885 e. The summed E-state index contributed by atoms with van der Waals surface area (Å²) in [6.45, 7) is 2.17. The van der Waals surface area contributed by atoms with Crippen LogP contribution in [0.3, 0.4) is 0 Å². The van der Waals surface area contributed by atoms with E-state index in [2.05, 4.69) is 6.92 Å². The third-order valence-electron chi connectivity index (χ3n) is 1.96. The standard InChI is InChI=1S/C8H14O/c1-2-7-4-3-5-8(9)6-7/h6-7,9H,2-5H2,1H3/t7-/m0/s1. The largest absolute Gasteiger partial charge is 0.513 e. The molecule has 0 radical (unpaired) electrons. The van der Waals surface area contributed by atoms with Crippen LogP contribution in [0.25, 0.3) is 0 Å². The summed E-state index contributed by atoms with van der Waals surface area (Å²) in [5.74, 6) is 1.26. The van der Waals surface area contributed by atoms with Crippen LogP contribution in [0.4, 0.5) is 0 Å². The fraction of sp³-hybridized carbons (Fsp3) is 0.750. The molecule has 0 saturated carbocycles. The number of aliphatic hydroxyl groups excluding tert-OH is 1. The van der Waals surface area contributed by atoms with Gasteiger partial charge in [0.2, 0.25) is 0 Å². The summed E-state index contributed by atoms with van der Waals surface area (Å²) in [5.41, 5.74) is 0. The molecule has 52 valence electrons. The van der Waals surface area contributed by atoms with Gasteiger partial charge in [-0.2, -0.15) is 0 Å². The van der Waals surface area contributed by atoms with Gasteiger partial charge in [0, 0.05) is 6.42 Å². The van der Waals surface area contributed by atoms with E-state index in [1.165, 1.54) is 19.3 Å². The first-order chi connectivity index (χ1) is 4.33. The van der Waals surface area contributed by atoms with Crippen molar-refractivity contribution in [3.05, 3.63) is 11.8 Å². The lowest BCUT2D eigenvalue weighted by atomic mass is 9.93. The quantitative estimate of drug-likeness (QED) is 0.572. The maximum absolute atomic E-state index is 9.07. The summed E-state index contributed by atoms with van der Waals surface area (Å²) in [5, 5.41) is 9.07. The van der Waals surface area contributed by atoms with Gasteiger partial charge in [-0.15, -0.1) is 0 Å². The minimum absolute atomic E-state index is 0.605. The van der Waals surface area contributed by atoms with E-state index in [4.69, 9.17) is 5.11 Å². The van der Waals surface area contributed by atoms with Gasteiger partial charge in [0.15, 0.2) is 0 Å². The molecule has 0 aliphatic heterocycles. The van der Waals surface area contributed by atoms with E-state index in [0.717, 1.165) is 6.42 Å². The molecule has 0 fully saturated rings. The van der Waals surface area contributed by atoms with E-state index >= 15 is 0 Å². The normalized spacial score (nSPS) is 27.7. The minimum Gasteiger partial charge on any atom is -0.513 e. The molecule has 0 saturated heterocycles. The van der Waals surface area contributed by atoms with Gasteiger partial charge in [-0.25, -0.2) is 0 Å². The van der Waals surface area contributed by atoms with Crippen molar-refractivity contribution >= 4 is 0 Å². The van der Waals surface area contributed by atoms with Crippen LogP contribution >= 0.6 is 0 Å². The molecule has 1 atom stereocenters. The van der Waals surface area contributed by atoms with Gasteiger partial charge in [0.05, 0.1) is 5.76 Å². The predicted molar refractivity (Wildman–Crippen MR) is 38.3 cm³/mol. The van der Waals surface area contributed by atoms with Gasteiger partial charge in [0.25, 0.3) is 0 Å². The Morgan fingerprint density at radius 1 is 1.78 bits per heavy atom. The number of rotatable bonds is 1. The molecular weight excluding hydrogens is 112 g/mol. The Morgan fingerprint density at radius 2 is 2.56 bits per heavy atom. The SMILES string of the molecule is CC[C@@H]1C=C(O)CCC1. The molecule has 1 aliphatic rings. The van der Waals surface area contributed by atoms with Crippen molar-refractivity contribution in [2.24, 2.45) is 5.92 Å². The molecule has 1 heteroatoms. The molecule has 1 N–H and O–H groups in total. The zero-order chi connectivity index (χ0) is 6.69. The summed E-state index contributed by atoms with van der Waals surface area (Å²) < 4.78 is 0. The molecule has 0 bridgehead atoms. The Morgan fingerprint density at radius 3 is 3.00 bits per heavy atom. The van der Waals surface area contributed by atoms with Gasteiger partial charge in [-0.1, -0.05) is 6.92 Å². The van der Waals surface area contributed by atoms with Crippen LogP contribution in [-0.4, -0.2) is 5.11 Å². The average molecular weight is 126 g/mol. The summed E-state index contributed by atoms with van der Waals surface area (Å²) in [7, 11) is 0. The van der Waals surface area contributed by atoms with E-state index in [9.17, 15) is 0 Å². The van der Waals surface area contributed by atoms with Crippen molar-refractivity contribution in [1.29, 1.82) is 0 Å². The summed E-state index contributed by atoms with van der Waals surface area (Å²) in [6, 6.07) is 0. The fourth-order valence-electron chi connectivity index (χ4n) is 1.31. The molecule has 0 aromatic carbocycles. The van der Waals surface area contributed by atoms with Crippen molar-refractivity contribution in [2.75, 3.05) is 0 Å². The zero-order valence-electron chi connectivity index (χ0n) is 5.93. The first kappa shape index (κ1) is 6.66. The first-order valence-electron chi connectivity index (χ1n) is 3.72. The van der Waals surface area contributed by atoms with E-state index in [0.29, 0.717) is 11.7 Å². The highest BCUT2D eigenvalue weighted by atomic mass is 16.3. The topological polar surface area (TPSA) is 20.2 Å².